The Morgan fingerprint density at radius 3 is 2.43 bits per heavy atom. The van der Waals surface area contributed by atoms with Crippen LogP contribution in [-0.4, -0.2) is 25.2 Å². The van der Waals surface area contributed by atoms with Crippen molar-refractivity contribution < 1.29 is 19.0 Å². The molecule has 0 saturated carbocycles. The number of hydrogen-bond donors (Lipinski definition) is 2. The number of aliphatic hydroxyl groups excluding tert-OH is 1. The van der Waals surface area contributed by atoms with E-state index in [2.05, 4.69) is 4.99 Å². The van der Waals surface area contributed by atoms with E-state index in [1.165, 1.54) is 37.5 Å². The largest absolute Gasteiger partial charge is 0.507 e. The van der Waals surface area contributed by atoms with Crippen LogP contribution >= 0.6 is 0 Å². The highest BCUT2D eigenvalue weighted by Gasteiger charge is 2.05. The molecule has 0 unspecified atom stereocenters. The Labute approximate surface area is 133 Å². The van der Waals surface area contributed by atoms with Gasteiger partial charge in [-0.25, -0.2) is 9.38 Å². The van der Waals surface area contributed by atoms with Crippen molar-refractivity contribution in [2.24, 2.45) is 10.7 Å². The summed E-state index contributed by atoms with van der Waals surface area (Å²) in [6, 6.07) is 10.5. The first-order valence-electron chi connectivity index (χ1n) is 6.76. The first-order valence-corrected chi connectivity index (χ1v) is 6.76. The molecular formula is C17H17FN2O3. The van der Waals surface area contributed by atoms with Crippen molar-refractivity contribution >= 4 is 17.3 Å². The molecule has 23 heavy (non-hydrogen) atoms. The van der Waals surface area contributed by atoms with Gasteiger partial charge in [0.2, 0.25) is 0 Å². The highest BCUT2D eigenvalue weighted by atomic mass is 19.1. The minimum atomic E-state index is -0.383. The van der Waals surface area contributed by atoms with Crippen LogP contribution in [0.4, 0.5) is 10.1 Å². The van der Waals surface area contributed by atoms with E-state index in [1.54, 1.807) is 25.3 Å². The second-order valence-corrected chi connectivity index (χ2v) is 4.61. The predicted octanol–water partition coefficient (Wildman–Crippen LogP) is 3.43. The van der Waals surface area contributed by atoms with Crippen LogP contribution in [0.1, 0.15) is 5.56 Å². The van der Waals surface area contributed by atoms with Crippen molar-refractivity contribution in [2.45, 2.75) is 0 Å². The van der Waals surface area contributed by atoms with Crippen molar-refractivity contribution in [3.8, 4) is 11.5 Å². The summed E-state index contributed by atoms with van der Waals surface area (Å²) in [5, 5.41) is 10.00. The molecule has 0 aliphatic rings. The summed E-state index contributed by atoms with van der Waals surface area (Å²) >= 11 is 0. The zero-order chi connectivity index (χ0) is 16.8. The molecule has 6 heteroatoms. The van der Waals surface area contributed by atoms with Gasteiger partial charge < -0.3 is 20.3 Å². The summed E-state index contributed by atoms with van der Waals surface area (Å²) in [7, 11) is 3.06. The third kappa shape index (κ3) is 4.23. The van der Waals surface area contributed by atoms with Gasteiger partial charge in [0.1, 0.15) is 34.6 Å². The predicted molar refractivity (Wildman–Crippen MR) is 87.8 cm³/mol. The maximum Gasteiger partial charge on any atom is 0.148 e. The van der Waals surface area contributed by atoms with Gasteiger partial charge in [0.25, 0.3) is 0 Å². The lowest BCUT2D eigenvalue weighted by Gasteiger charge is -2.07. The molecule has 0 heterocycles. The molecule has 0 atom stereocenters. The van der Waals surface area contributed by atoms with Gasteiger partial charge in [-0.2, -0.15) is 0 Å². The Morgan fingerprint density at radius 1 is 1.13 bits per heavy atom. The molecule has 0 aliphatic carbocycles. The second-order valence-electron chi connectivity index (χ2n) is 4.61. The van der Waals surface area contributed by atoms with Gasteiger partial charge in [0.05, 0.1) is 14.2 Å². The van der Waals surface area contributed by atoms with Crippen LogP contribution in [0.5, 0.6) is 11.5 Å². The lowest BCUT2D eigenvalue weighted by molar-refractivity contribution is 0.395. The molecule has 5 nitrogen and oxygen atoms in total. The molecule has 0 bridgehead atoms. The molecule has 0 spiro atoms. The molecule has 2 aromatic rings. The Morgan fingerprint density at radius 2 is 1.83 bits per heavy atom. The van der Waals surface area contributed by atoms with E-state index < -0.39 is 0 Å². The average Bonchev–Trinajstić information content (AvgIpc) is 2.55. The van der Waals surface area contributed by atoms with Crippen LogP contribution in [0.2, 0.25) is 0 Å². The molecule has 3 N–H and O–H groups in total. The van der Waals surface area contributed by atoms with Gasteiger partial charge in [-0.1, -0.05) is 0 Å². The smallest absolute Gasteiger partial charge is 0.148 e. The standard InChI is InChI=1S/C17H17FN2O3/c1-22-13-7-8-14(16(9-13)23-2)20-17(19)10-15(21)11-3-5-12(18)6-4-11/h3-10,21H,1-2H3,(H2,19,20)/b15-10-. The molecule has 0 fully saturated rings. The van der Waals surface area contributed by atoms with E-state index in [4.69, 9.17) is 15.2 Å². The number of aliphatic imine (C=N–C) groups is 1. The number of hydrogen-bond acceptors (Lipinski definition) is 4. The second kappa shape index (κ2) is 7.31. The number of methoxy groups -OCH3 is 2. The average molecular weight is 316 g/mol. The summed E-state index contributed by atoms with van der Waals surface area (Å²) in [5.41, 5.74) is 6.75. The number of ether oxygens (including phenoxy) is 2. The summed E-state index contributed by atoms with van der Waals surface area (Å²) in [6.45, 7) is 0. The molecule has 0 aromatic heterocycles. The van der Waals surface area contributed by atoms with E-state index in [1.807, 2.05) is 0 Å². The molecule has 0 amide bonds. The lowest BCUT2D eigenvalue weighted by Crippen LogP contribution is -2.08. The molecule has 2 rings (SSSR count). The van der Waals surface area contributed by atoms with Crippen LogP contribution in [0.25, 0.3) is 5.76 Å². The molecule has 0 saturated heterocycles. The Kier molecular flexibility index (Phi) is 5.19. The Balaban J connectivity index is 2.28. The Bertz CT molecular complexity index is 740. The van der Waals surface area contributed by atoms with E-state index in [0.29, 0.717) is 22.7 Å². The number of halogens is 1. The molecule has 0 radical (unpaired) electrons. The van der Waals surface area contributed by atoms with E-state index in [9.17, 15) is 9.50 Å². The van der Waals surface area contributed by atoms with E-state index in [-0.39, 0.29) is 17.4 Å². The van der Waals surface area contributed by atoms with Crippen molar-refractivity contribution in [3.63, 3.8) is 0 Å². The highest BCUT2D eigenvalue weighted by molar-refractivity contribution is 5.98. The monoisotopic (exact) mass is 316 g/mol. The zero-order valence-electron chi connectivity index (χ0n) is 12.8. The van der Waals surface area contributed by atoms with Crippen LogP contribution in [0.15, 0.2) is 53.5 Å². The first-order chi connectivity index (χ1) is 11.0. The molecule has 0 aliphatic heterocycles. The number of rotatable bonds is 5. The maximum atomic E-state index is 12.9. The summed E-state index contributed by atoms with van der Waals surface area (Å²) in [5.74, 6) is 0.700. The third-order valence-corrected chi connectivity index (χ3v) is 3.06. The van der Waals surface area contributed by atoms with Gasteiger partial charge in [-0.05, 0) is 36.4 Å². The SMILES string of the molecule is COc1ccc(N=C(N)/C=C(\O)c2ccc(F)cc2)c(OC)c1. The van der Waals surface area contributed by atoms with Gasteiger partial charge >= 0.3 is 0 Å². The number of benzene rings is 2. The topological polar surface area (TPSA) is 77.1 Å². The third-order valence-electron chi connectivity index (χ3n) is 3.06. The van der Waals surface area contributed by atoms with Crippen LogP contribution in [0.3, 0.4) is 0 Å². The summed E-state index contributed by atoms with van der Waals surface area (Å²) in [4.78, 5) is 4.19. The fraction of sp³-hybridized carbons (Fsp3) is 0.118. The normalized spacial score (nSPS) is 12.1. The fourth-order valence-electron chi connectivity index (χ4n) is 1.89. The van der Waals surface area contributed by atoms with Gasteiger partial charge in [-0.3, -0.25) is 0 Å². The highest BCUT2D eigenvalue weighted by Crippen LogP contribution is 2.31. The van der Waals surface area contributed by atoms with Crippen LogP contribution in [-0.2, 0) is 0 Å². The quantitative estimate of drug-likeness (QED) is 0.503. The number of nitrogens with two attached hydrogens (primary N) is 1. The van der Waals surface area contributed by atoms with Crippen molar-refractivity contribution in [3.05, 3.63) is 59.9 Å². The Hall–Kier alpha value is -3.02. The molecule has 2 aromatic carbocycles. The van der Waals surface area contributed by atoms with Crippen molar-refractivity contribution in [2.75, 3.05) is 14.2 Å². The first kappa shape index (κ1) is 16.4. The van der Waals surface area contributed by atoms with Crippen LogP contribution in [0, 0.1) is 5.82 Å². The van der Waals surface area contributed by atoms with Crippen molar-refractivity contribution in [1.29, 1.82) is 0 Å². The van der Waals surface area contributed by atoms with E-state index >= 15 is 0 Å². The lowest BCUT2D eigenvalue weighted by atomic mass is 10.2. The number of amidine groups is 1. The van der Waals surface area contributed by atoms with Crippen LogP contribution < -0.4 is 15.2 Å². The summed E-state index contributed by atoms with van der Waals surface area (Å²) in [6.07, 6.45) is 1.29. The minimum absolute atomic E-state index is 0.0790. The summed E-state index contributed by atoms with van der Waals surface area (Å²) < 4.78 is 23.2. The van der Waals surface area contributed by atoms with Gasteiger partial charge in [0, 0.05) is 17.7 Å². The van der Waals surface area contributed by atoms with Gasteiger partial charge in [0.15, 0.2) is 0 Å². The fourth-order valence-corrected chi connectivity index (χ4v) is 1.89. The minimum Gasteiger partial charge on any atom is -0.507 e. The maximum absolute atomic E-state index is 12.9. The van der Waals surface area contributed by atoms with Crippen molar-refractivity contribution in [1.82, 2.24) is 0 Å². The van der Waals surface area contributed by atoms with E-state index in [0.717, 1.165) is 0 Å². The zero-order valence-corrected chi connectivity index (χ0v) is 12.8. The van der Waals surface area contributed by atoms with Gasteiger partial charge in [-0.15, -0.1) is 0 Å². The number of aliphatic hydroxyl groups is 1. The molecular weight excluding hydrogens is 299 g/mol. The number of nitrogens with zero attached hydrogens (tertiary/aromatic N) is 1. The molecule has 120 valence electrons.